The number of hydrogen-bond acceptors (Lipinski definition) is 3. The Balaban J connectivity index is 2.02. The van der Waals surface area contributed by atoms with Crippen LogP contribution in [0.3, 0.4) is 0 Å². The van der Waals surface area contributed by atoms with Gasteiger partial charge in [-0.05, 0) is 35.3 Å². The molecule has 0 saturated carbocycles. The molecule has 92 valence electrons. The van der Waals surface area contributed by atoms with Crippen molar-refractivity contribution in [2.45, 2.75) is 33.4 Å². The Morgan fingerprint density at radius 3 is 3.00 bits per heavy atom. The molecule has 0 aliphatic heterocycles. The highest BCUT2D eigenvalue weighted by molar-refractivity contribution is 9.10. The summed E-state index contributed by atoms with van der Waals surface area (Å²) in [5, 5.41) is 5.49. The molecule has 5 heteroatoms. The van der Waals surface area contributed by atoms with Crippen molar-refractivity contribution >= 4 is 33.2 Å². The zero-order valence-corrected chi connectivity index (χ0v) is 12.4. The molecular weight excluding hydrogens is 298 g/mol. The van der Waals surface area contributed by atoms with Gasteiger partial charge in [-0.3, -0.25) is 0 Å². The molecule has 0 atom stereocenters. The van der Waals surface area contributed by atoms with Crippen LogP contribution in [0.25, 0.3) is 0 Å². The summed E-state index contributed by atoms with van der Waals surface area (Å²) in [4.78, 5) is 5.80. The van der Waals surface area contributed by atoms with Crippen LogP contribution in [0.1, 0.15) is 23.9 Å². The van der Waals surface area contributed by atoms with Crippen molar-refractivity contribution < 1.29 is 0 Å². The lowest BCUT2D eigenvalue weighted by atomic mass is 10.4. The third-order valence-corrected chi connectivity index (χ3v) is 4.10. The van der Waals surface area contributed by atoms with Gasteiger partial charge in [-0.15, -0.1) is 11.3 Å². The van der Waals surface area contributed by atoms with E-state index < -0.39 is 0 Å². The lowest BCUT2D eigenvalue weighted by molar-refractivity contribution is 0.682. The highest BCUT2D eigenvalue weighted by Gasteiger charge is 2.05. The molecule has 0 aromatic carbocycles. The molecule has 3 nitrogen and oxygen atoms in total. The molecule has 17 heavy (non-hydrogen) atoms. The Bertz CT molecular complexity index is 490. The minimum absolute atomic E-state index is 0.830. The minimum Gasteiger partial charge on any atom is -0.351 e. The Morgan fingerprint density at radius 2 is 2.35 bits per heavy atom. The van der Waals surface area contributed by atoms with E-state index in [9.17, 15) is 0 Å². The van der Waals surface area contributed by atoms with E-state index in [1.165, 1.54) is 4.88 Å². The molecule has 2 aromatic rings. The fourth-order valence-electron chi connectivity index (χ4n) is 1.71. The van der Waals surface area contributed by atoms with Crippen LogP contribution in [0.2, 0.25) is 0 Å². The van der Waals surface area contributed by atoms with Crippen LogP contribution in [-0.2, 0) is 13.1 Å². The molecule has 0 aliphatic carbocycles. The second kappa shape index (κ2) is 5.69. The number of aromatic nitrogens is 2. The van der Waals surface area contributed by atoms with E-state index in [1.807, 2.05) is 6.92 Å². The number of thiophene rings is 1. The average molecular weight is 314 g/mol. The molecule has 2 heterocycles. The van der Waals surface area contributed by atoms with Gasteiger partial charge in [-0.1, -0.05) is 6.92 Å². The van der Waals surface area contributed by atoms with Crippen molar-refractivity contribution in [1.29, 1.82) is 0 Å². The van der Waals surface area contributed by atoms with Crippen molar-refractivity contribution in [3.63, 3.8) is 0 Å². The molecule has 0 aliphatic rings. The summed E-state index contributed by atoms with van der Waals surface area (Å²) in [6, 6.07) is 2.14. The van der Waals surface area contributed by atoms with E-state index in [2.05, 4.69) is 55.4 Å². The van der Waals surface area contributed by atoms with Crippen LogP contribution in [0.4, 0.5) is 5.95 Å². The predicted octanol–water partition coefficient (Wildman–Crippen LogP) is 4.04. The second-order valence-electron chi connectivity index (χ2n) is 3.98. The van der Waals surface area contributed by atoms with Crippen LogP contribution in [0.15, 0.2) is 22.1 Å². The van der Waals surface area contributed by atoms with Gasteiger partial charge < -0.3 is 9.88 Å². The van der Waals surface area contributed by atoms with Crippen LogP contribution in [-0.4, -0.2) is 9.55 Å². The minimum atomic E-state index is 0.830. The first-order valence-corrected chi connectivity index (χ1v) is 7.37. The molecule has 2 aromatic heterocycles. The molecule has 0 spiro atoms. The van der Waals surface area contributed by atoms with E-state index in [1.54, 1.807) is 11.3 Å². The summed E-state index contributed by atoms with van der Waals surface area (Å²) in [6.07, 6.45) is 3.21. The van der Waals surface area contributed by atoms with Crippen molar-refractivity contribution in [2.24, 2.45) is 0 Å². The van der Waals surface area contributed by atoms with Gasteiger partial charge in [0.05, 0.1) is 12.2 Å². The summed E-state index contributed by atoms with van der Waals surface area (Å²) >= 11 is 5.21. The molecule has 2 rings (SSSR count). The van der Waals surface area contributed by atoms with Gasteiger partial charge in [0, 0.05) is 27.5 Å². The number of imidazole rings is 1. The Labute approximate surface area is 114 Å². The van der Waals surface area contributed by atoms with Gasteiger partial charge in [0.15, 0.2) is 0 Å². The third kappa shape index (κ3) is 3.33. The number of rotatable bonds is 5. The summed E-state index contributed by atoms with van der Waals surface area (Å²) < 4.78 is 3.32. The SMILES string of the molecule is CCCn1cc(C)nc1NCc1cc(Br)cs1. The normalized spacial score (nSPS) is 10.8. The number of halogens is 1. The van der Waals surface area contributed by atoms with Gasteiger partial charge in [0.25, 0.3) is 0 Å². The van der Waals surface area contributed by atoms with E-state index in [-0.39, 0.29) is 0 Å². The molecule has 0 bridgehead atoms. The molecule has 0 radical (unpaired) electrons. The largest absolute Gasteiger partial charge is 0.351 e. The van der Waals surface area contributed by atoms with E-state index in [0.29, 0.717) is 0 Å². The van der Waals surface area contributed by atoms with E-state index in [0.717, 1.165) is 35.6 Å². The maximum Gasteiger partial charge on any atom is 0.203 e. The number of anilines is 1. The zero-order valence-electron chi connectivity index (χ0n) is 10.0. The lowest BCUT2D eigenvalue weighted by Crippen LogP contribution is -2.06. The Kier molecular flexibility index (Phi) is 4.23. The monoisotopic (exact) mass is 313 g/mol. The molecule has 1 N–H and O–H groups in total. The Morgan fingerprint density at radius 1 is 1.53 bits per heavy atom. The highest BCUT2D eigenvalue weighted by Crippen LogP contribution is 2.20. The standard InChI is InChI=1S/C12H16BrN3S/c1-3-4-16-7-9(2)15-12(16)14-6-11-5-10(13)8-17-11/h5,7-8H,3-4,6H2,1-2H3,(H,14,15). The first-order chi connectivity index (χ1) is 8.19. The first kappa shape index (κ1) is 12.6. The Hall–Kier alpha value is -0.810. The highest BCUT2D eigenvalue weighted by atomic mass is 79.9. The first-order valence-electron chi connectivity index (χ1n) is 5.69. The summed E-state index contributed by atoms with van der Waals surface area (Å²) in [5.74, 6) is 0.967. The topological polar surface area (TPSA) is 29.9 Å². The quantitative estimate of drug-likeness (QED) is 0.903. The molecule has 0 saturated heterocycles. The summed E-state index contributed by atoms with van der Waals surface area (Å²) in [7, 11) is 0. The lowest BCUT2D eigenvalue weighted by Gasteiger charge is -2.07. The molecular formula is C12H16BrN3S. The molecule has 0 unspecified atom stereocenters. The number of hydrogen-bond donors (Lipinski definition) is 1. The van der Waals surface area contributed by atoms with Gasteiger partial charge in [-0.25, -0.2) is 4.98 Å². The maximum absolute atomic E-state index is 4.50. The van der Waals surface area contributed by atoms with Crippen molar-refractivity contribution in [3.8, 4) is 0 Å². The smallest absolute Gasteiger partial charge is 0.203 e. The zero-order chi connectivity index (χ0) is 12.3. The molecule has 0 amide bonds. The van der Waals surface area contributed by atoms with Crippen LogP contribution >= 0.6 is 27.3 Å². The van der Waals surface area contributed by atoms with Gasteiger partial charge in [0.1, 0.15) is 0 Å². The third-order valence-electron chi connectivity index (χ3n) is 2.40. The van der Waals surface area contributed by atoms with Gasteiger partial charge in [-0.2, -0.15) is 0 Å². The fraction of sp³-hybridized carbons (Fsp3) is 0.417. The van der Waals surface area contributed by atoms with Crippen molar-refractivity contribution in [1.82, 2.24) is 9.55 Å². The number of nitrogens with zero attached hydrogens (tertiary/aromatic N) is 2. The predicted molar refractivity (Wildman–Crippen MR) is 76.6 cm³/mol. The molecule has 0 fully saturated rings. The van der Waals surface area contributed by atoms with Crippen molar-refractivity contribution in [2.75, 3.05) is 5.32 Å². The van der Waals surface area contributed by atoms with Gasteiger partial charge >= 0.3 is 0 Å². The van der Waals surface area contributed by atoms with Crippen LogP contribution in [0.5, 0.6) is 0 Å². The van der Waals surface area contributed by atoms with Gasteiger partial charge in [0.2, 0.25) is 5.95 Å². The fourth-order valence-corrected chi connectivity index (χ4v) is 3.10. The van der Waals surface area contributed by atoms with Crippen LogP contribution in [0, 0.1) is 6.92 Å². The summed E-state index contributed by atoms with van der Waals surface area (Å²) in [5.41, 5.74) is 1.06. The maximum atomic E-state index is 4.50. The average Bonchev–Trinajstić information content (AvgIpc) is 2.83. The van der Waals surface area contributed by atoms with E-state index >= 15 is 0 Å². The second-order valence-corrected chi connectivity index (χ2v) is 5.90. The summed E-state index contributed by atoms with van der Waals surface area (Å²) in [6.45, 7) is 6.04. The van der Waals surface area contributed by atoms with Crippen molar-refractivity contribution in [3.05, 3.63) is 32.7 Å². The van der Waals surface area contributed by atoms with Crippen LogP contribution < -0.4 is 5.32 Å². The number of nitrogens with one attached hydrogen (secondary N) is 1. The van der Waals surface area contributed by atoms with E-state index in [4.69, 9.17) is 0 Å². The number of aryl methyl sites for hydroxylation is 2.